The van der Waals surface area contributed by atoms with Crippen molar-refractivity contribution in [2.45, 2.75) is 6.61 Å². The number of aromatic nitrogens is 1. The Kier molecular flexibility index (Phi) is 5.62. The van der Waals surface area contributed by atoms with Gasteiger partial charge in [-0.05, 0) is 17.7 Å². The number of ether oxygens (including phenoxy) is 1. The van der Waals surface area contributed by atoms with E-state index >= 15 is 0 Å². The summed E-state index contributed by atoms with van der Waals surface area (Å²) in [5.74, 6) is 0.607. The zero-order chi connectivity index (χ0) is 21.8. The van der Waals surface area contributed by atoms with Crippen LogP contribution in [-0.2, 0) is 11.3 Å². The first-order valence-electron chi connectivity index (χ1n) is 9.75. The molecule has 2 heterocycles. The highest BCUT2D eigenvalue weighted by atomic mass is 16.6. The second-order valence-electron chi connectivity index (χ2n) is 7.11. The predicted molar refractivity (Wildman–Crippen MR) is 114 cm³/mol. The average molecular weight is 417 g/mol. The van der Waals surface area contributed by atoms with Crippen molar-refractivity contribution in [1.82, 2.24) is 9.88 Å². The summed E-state index contributed by atoms with van der Waals surface area (Å²) in [5.41, 5.74) is 1.69. The Morgan fingerprint density at radius 1 is 1.13 bits per heavy atom. The molecular weight excluding hydrogens is 398 g/mol. The number of amides is 1. The van der Waals surface area contributed by atoms with E-state index < -0.39 is 4.92 Å². The predicted octanol–water partition coefficient (Wildman–Crippen LogP) is 3.47. The van der Waals surface area contributed by atoms with Crippen LogP contribution in [0.5, 0.6) is 0 Å². The molecule has 0 aliphatic carbocycles. The van der Waals surface area contributed by atoms with Crippen molar-refractivity contribution in [3.8, 4) is 6.07 Å². The lowest BCUT2D eigenvalue weighted by Crippen LogP contribution is -2.49. The molecule has 4 rings (SSSR count). The maximum atomic E-state index is 12.3. The summed E-state index contributed by atoms with van der Waals surface area (Å²) in [7, 11) is 0. The van der Waals surface area contributed by atoms with Gasteiger partial charge in [0.25, 0.3) is 5.69 Å². The molecular formula is C22H19N5O4. The van der Waals surface area contributed by atoms with E-state index in [0.717, 1.165) is 5.56 Å². The maximum Gasteiger partial charge on any atom is 0.410 e. The molecule has 1 aliphatic heterocycles. The van der Waals surface area contributed by atoms with Gasteiger partial charge in [-0.1, -0.05) is 30.3 Å². The Morgan fingerprint density at radius 2 is 1.87 bits per heavy atom. The molecule has 0 spiro atoms. The smallest absolute Gasteiger partial charge is 0.410 e. The standard InChI is InChI=1S/C22H19N5O4/c23-14-17-12-21(24-20-7-6-18(27(29)30)13-19(17)20)25-8-10-26(11-9-25)22(28)31-15-16-4-2-1-3-5-16/h1-7,12-13H,8-11,15H2. The third kappa shape index (κ3) is 4.38. The Hall–Kier alpha value is -4.19. The molecule has 1 amide bonds. The minimum absolute atomic E-state index is 0.0822. The fourth-order valence-electron chi connectivity index (χ4n) is 3.50. The number of nitro benzene ring substituents is 1. The SMILES string of the molecule is N#Cc1cc(N2CCN(C(=O)OCc3ccccc3)CC2)nc2ccc([N+](=O)[O-])cc12. The molecule has 1 saturated heterocycles. The topological polar surface area (TPSA) is 113 Å². The van der Waals surface area contributed by atoms with Gasteiger partial charge in [-0.2, -0.15) is 5.26 Å². The number of carbonyl (C=O) groups excluding carboxylic acids is 1. The van der Waals surface area contributed by atoms with Crippen LogP contribution < -0.4 is 4.90 Å². The highest BCUT2D eigenvalue weighted by Crippen LogP contribution is 2.27. The number of pyridine rings is 1. The summed E-state index contributed by atoms with van der Waals surface area (Å²) < 4.78 is 5.39. The van der Waals surface area contributed by atoms with Crippen LogP contribution in [-0.4, -0.2) is 47.1 Å². The van der Waals surface area contributed by atoms with Gasteiger partial charge in [-0.25, -0.2) is 9.78 Å². The van der Waals surface area contributed by atoms with Gasteiger partial charge in [0, 0.05) is 43.7 Å². The van der Waals surface area contributed by atoms with Crippen LogP contribution in [0.25, 0.3) is 10.9 Å². The Bertz CT molecular complexity index is 1170. The van der Waals surface area contributed by atoms with Crippen LogP contribution in [0, 0.1) is 21.4 Å². The fourth-order valence-corrected chi connectivity index (χ4v) is 3.50. The van der Waals surface area contributed by atoms with Gasteiger partial charge in [0.05, 0.1) is 22.1 Å². The number of rotatable bonds is 4. The van der Waals surface area contributed by atoms with Gasteiger partial charge < -0.3 is 14.5 Å². The van der Waals surface area contributed by atoms with Crippen LogP contribution in [0.1, 0.15) is 11.1 Å². The average Bonchev–Trinajstić information content (AvgIpc) is 2.82. The highest BCUT2D eigenvalue weighted by molar-refractivity contribution is 5.88. The van der Waals surface area contributed by atoms with Gasteiger partial charge in [0.15, 0.2) is 0 Å². The summed E-state index contributed by atoms with van der Waals surface area (Å²) >= 11 is 0. The lowest BCUT2D eigenvalue weighted by molar-refractivity contribution is -0.384. The molecule has 9 nitrogen and oxygen atoms in total. The number of hydrogen-bond donors (Lipinski definition) is 0. The molecule has 0 N–H and O–H groups in total. The van der Waals surface area contributed by atoms with Crippen LogP contribution in [0.3, 0.4) is 0 Å². The van der Waals surface area contributed by atoms with E-state index in [1.165, 1.54) is 12.1 Å². The first-order chi connectivity index (χ1) is 15.0. The lowest BCUT2D eigenvalue weighted by Gasteiger charge is -2.35. The number of piperazine rings is 1. The first kappa shape index (κ1) is 20.1. The Morgan fingerprint density at radius 3 is 2.55 bits per heavy atom. The van der Waals surface area contributed by atoms with E-state index in [9.17, 15) is 20.2 Å². The monoisotopic (exact) mass is 417 g/mol. The summed E-state index contributed by atoms with van der Waals surface area (Å²) in [4.78, 5) is 31.1. The van der Waals surface area contributed by atoms with Crippen molar-refractivity contribution in [2.75, 3.05) is 31.1 Å². The maximum absolute atomic E-state index is 12.3. The molecule has 1 aliphatic rings. The molecule has 0 bridgehead atoms. The van der Waals surface area contributed by atoms with Crippen molar-refractivity contribution in [3.05, 3.63) is 75.8 Å². The van der Waals surface area contributed by atoms with Crippen molar-refractivity contribution in [1.29, 1.82) is 5.26 Å². The number of fused-ring (bicyclic) bond motifs is 1. The molecule has 0 atom stereocenters. The molecule has 2 aromatic carbocycles. The Balaban J connectivity index is 1.43. The normalized spacial score (nSPS) is 13.6. The lowest BCUT2D eigenvalue weighted by atomic mass is 10.1. The van der Waals surface area contributed by atoms with E-state index in [-0.39, 0.29) is 18.4 Å². The quantitative estimate of drug-likeness (QED) is 0.472. The summed E-state index contributed by atoms with van der Waals surface area (Å²) in [6.07, 6.45) is -0.361. The number of carbonyl (C=O) groups is 1. The first-order valence-corrected chi connectivity index (χ1v) is 9.75. The number of nitrogens with zero attached hydrogens (tertiary/aromatic N) is 5. The number of benzene rings is 2. The van der Waals surface area contributed by atoms with E-state index in [4.69, 9.17) is 4.74 Å². The molecule has 3 aromatic rings. The molecule has 0 radical (unpaired) electrons. The van der Waals surface area contributed by atoms with Crippen LogP contribution in [0.2, 0.25) is 0 Å². The number of nitriles is 1. The summed E-state index contributed by atoms with van der Waals surface area (Å²) in [5, 5.41) is 21.0. The van der Waals surface area contributed by atoms with Gasteiger partial charge >= 0.3 is 6.09 Å². The largest absolute Gasteiger partial charge is 0.445 e. The van der Waals surface area contributed by atoms with Gasteiger partial charge in [-0.3, -0.25) is 10.1 Å². The van der Waals surface area contributed by atoms with Crippen molar-refractivity contribution in [3.63, 3.8) is 0 Å². The minimum Gasteiger partial charge on any atom is -0.445 e. The van der Waals surface area contributed by atoms with Crippen LogP contribution >= 0.6 is 0 Å². The molecule has 0 unspecified atom stereocenters. The third-order valence-corrected chi connectivity index (χ3v) is 5.18. The van der Waals surface area contributed by atoms with E-state index in [1.807, 2.05) is 35.2 Å². The number of hydrogen-bond acceptors (Lipinski definition) is 7. The third-order valence-electron chi connectivity index (χ3n) is 5.18. The molecule has 0 saturated carbocycles. The number of nitro groups is 1. The van der Waals surface area contributed by atoms with Crippen LogP contribution in [0.4, 0.5) is 16.3 Å². The van der Waals surface area contributed by atoms with Gasteiger partial charge in [0.2, 0.25) is 0 Å². The molecule has 31 heavy (non-hydrogen) atoms. The molecule has 1 fully saturated rings. The number of anilines is 1. The Labute approximate surface area is 178 Å². The summed E-state index contributed by atoms with van der Waals surface area (Å²) in [6.45, 7) is 2.24. The summed E-state index contributed by atoms with van der Waals surface area (Å²) in [6, 6.07) is 17.5. The molecule has 9 heteroatoms. The zero-order valence-corrected chi connectivity index (χ0v) is 16.6. The zero-order valence-electron chi connectivity index (χ0n) is 16.6. The van der Waals surface area contributed by atoms with Crippen molar-refractivity contribution >= 4 is 28.5 Å². The highest BCUT2D eigenvalue weighted by Gasteiger charge is 2.24. The van der Waals surface area contributed by atoms with E-state index in [1.54, 1.807) is 17.0 Å². The number of non-ortho nitro benzene ring substituents is 1. The molecule has 156 valence electrons. The van der Waals surface area contributed by atoms with E-state index in [0.29, 0.717) is 48.5 Å². The van der Waals surface area contributed by atoms with Crippen molar-refractivity contribution < 1.29 is 14.5 Å². The van der Waals surface area contributed by atoms with Gasteiger partial charge in [0.1, 0.15) is 12.4 Å². The van der Waals surface area contributed by atoms with Crippen LogP contribution in [0.15, 0.2) is 54.6 Å². The second-order valence-corrected chi connectivity index (χ2v) is 7.11. The van der Waals surface area contributed by atoms with Crippen molar-refractivity contribution in [2.24, 2.45) is 0 Å². The second kappa shape index (κ2) is 8.67. The minimum atomic E-state index is -0.495. The molecule has 1 aromatic heterocycles. The van der Waals surface area contributed by atoms with E-state index in [2.05, 4.69) is 11.1 Å². The fraction of sp³-hybridized carbons (Fsp3) is 0.227. The van der Waals surface area contributed by atoms with Gasteiger partial charge in [-0.15, -0.1) is 0 Å².